The van der Waals surface area contributed by atoms with Crippen LogP contribution in [0.4, 0.5) is 0 Å². The van der Waals surface area contributed by atoms with Gasteiger partial charge in [-0.15, -0.1) is 0 Å². The van der Waals surface area contributed by atoms with Crippen LogP contribution in [0.15, 0.2) is 24.8 Å². The van der Waals surface area contributed by atoms with E-state index in [1.807, 2.05) is 6.92 Å². The molecule has 0 saturated heterocycles. The lowest BCUT2D eigenvalue weighted by atomic mass is 9.43. The van der Waals surface area contributed by atoms with Crippen LogP contribution in [0, 0.1) is 22.7 Å². The van der Waals surface area contributed by atoms with Gasteiger partial charge in [-0.25, -0.2) is 0 Å². The Hall–Kier alpha value is -1.13. The third kappa shape index (κ3) is 3.63. The van der Waals surface area contributed by atoms with Crippen LogP contribution in [0.1, 0.15) is 66.7 Å². The Bertz CT molecular complexity index is 577. The van der Waals surface area contributed by atoms with E-state index in [4.69, 9.17) is 4.74 Å². The fourth-order valence-corrected chi connectivity index (χ4v) is 6.10. The molecule has 2 saturated carbocycles. The molecule has 2 rings (SSSR count). The lowest BCUT2D eigenvalue weighted by Crippen LogP contribution is -2.66. The van der Waals surface area contributed by atoms with Gasteiger partial charge >= 0.3 is 5.97 Å². The van der Waals surface area contributed by atoms with E-state index in [0.717, 1.165) is 24.8 Å². The SMILES string of the molecule is C=CC(=C)CC[C@H]1[C@]2(C)CC[C@@H](O)C(C)(C)[C@H]2[C@H](OC(C)=O)C[C@]1(C)O. The Morgan fingerprint density at radius 1 is 1.31 bits per heavy atom. The highest BCUT2D eigenvalue weighted by Crippen LogP contribution is 2.63. The molecular weight excluding hydrogens is 328 g/mol. The number of hydrogen-bond acceptors (Lipinski definition) is 4. The molecule has 4 heteroatoms. The van der Waals surface area contributed by atoms with Gasteiger partial charge in [0.05, 0.1) is 11.7 Å². The molecule has 148 valence electrons. The number of aliphatic hydroxyl groups is 2. The van der Waals surface area contributed by atoms with Crippen molar-refractivity contribution >= 4 is 5.97 Å². The van der Waals surface area contributed by atoms with Crippen molar-refractivity contribution in [2.24, 2.45) is 22.7 Å². The highest BCUT2D eigenvalue weighted by molar-refractivity contribution is 5.66. The predicted octanol–water partition coefficient (Wildman–Crippen LogP) is 4.01. The first-order chi connectivity index (χ1) is 11.9. The molecule has 0 aromatic heterocycles. The zero-order valence-electron chi connectivity index (χ0n) is 17.0. The molecule has 0 aliphatic heterocycles. The second-order valence-corrected chi connectivity index (χ2v) is 9.52. The minimum atomic E-state index is -0.939. The summed E-state index contributed by atoms with van der Waals surface area (Å²) in [5.41, 5.74) is -0.590. The molecule has 2 aliphatic rings. The molecule has 0 amide bonds. The van der Waals surface area contributed by atoms with Crippen molar-refractivity contribution < 1.29 is 19.7 Å². The average molecular weight is 365 g/mol. The van der Waals surface area contributed by atoms with Crippen molar-refractivity contribution in [3.8, 4) is 0 Å². The van der Waals surface area contributed by atoms with E-state index in [2.05, 4.69) is 33.9 Å². The number of carbonyl (C=O) groups excluding carboxylic acids is 1. The Morgan fingerprint density at radius 2 is 1.92 bits per heavy atom. The number of hydrogen-bond donors (Lipinski definition) is 2. The van der Waals surface area contributed by atoms with Crippen LogP contribution < -0.4 is 0 Å². The van der Waals surface area contributed by atoms with Crippen molar-refractivity contribution in [1.29, 1.82) is 0 Å². The Labute approximate surface area is 158 Å². The second kappa shape index (κ2) is 7.12. The molecule has 2 fully saturated rings. The number of ether oxygens (including phenoxy) is 1. The number of aliphatic hydroxyl groups excluding tert-OH is 1. The van der Waals surface area contributed by atoms with Gasteiger partial charge < -0.3 is 14.9 Å². The summed E-state index contributed by atoms with van der Waals surface area (Å²) in [6.45, 7) is 17.4. The van der Waals surface area contributed by atoms with Crippen LogP contribution in [0.5, 0.6) is 0 Å². The zero-order chi connectivity index (χ0) is 19.9. The fourth-order valence-electron chi connectivity index (χ4n) is 6.10. The van der Waals surface area contributed by atoms with Crippen LogP contribution >= 0.6 is 0 Å². The van der Waals surface area contributed by atoms with Gasteiger partial charge in [0, 0.05) is 19.3 Å². The summed E-state index contributed by atoms with van der Waals surface area (Å²) in [6, 6.07) is 0. The molecule has 0 unspecified atom stereocenters. The van der Waals surface area contributed by atoms with Crippen molar-refractivity contribution in [2.45, 2.75) is 84.5 Å². The minimum absolute atomic E-state index is 0.00938. The van der Waals surface area contributed by atoms with Gasteiger partial charge in [0.25, 0.3) is 0 Å². The summed E-state index contributed by atoms with van der Waals surface area (Å²) in [5.74, 6) is -0.303. The maximum absolute atomic E-state index is 11.7. The fraction of sp³-hybridized carbons (Fsp3) is 0.773. The molecule has 2 N–H and O–H groups in total. The van der Waals surface area contributed by atoms with E-state index in [1.165, 1.54) is 6.92 Å². The second-order valence-electron chi connectivity index (χ2n) is 9.52. The van der Waals surface area contributed by atoms with Gasteiger partial charge in [0.15, 0.2) is 0 Å². The first-order valence-electron chi connectivity index (χ1n) is 9.74. The third-order valence-electron chi connectivity index (χ3n) is 7.22. The molecular formula is C22H36O4. The normalized spacial score (nSPS) is 41.8. The predicted molar refractivity (Wildman–Crippen MR) is 103 cm³/mol. The molecule has 0 aromatic rings. The summed E-state index contributed by atoms with van der Waals surface area (Å²) in [5, 5.41) is 22.0. The van der Waals surface area contributed by atoms with E-state index < -0.39 is 23.2 Å². The third-order valence-corrected chi connectivity index (χ3v) is 7.22. The van der Waals surface area contributed by atoms with Crippen molar-refractivity contribution in [1.82, 2.24) is 0 Å². The zero-order valence-corrected chi connectivity index (χ0v) is 17.0. The van der Waals surface area contributed by atoms with Crippen molar-refractivity contribution in [3.05, 3.63) is 24.8 Å². The smallest absolute Gasteiger partial charge is 0.302 e. The maximum Gasteiger partial charge on any atom is 0.302 e. The van der Waals surface area contributed by atoms with Gasteiger partial charge in [-0.1, -0.05) is 45.6 Å². The highest BCUT2D eigenvalue weighted by Gasteiger charge is 2.64. The molecule has 6 atom stereocenters. The molecule has 0 bridgehead atoms. The largest absolute Gasteiger partial charge is 0.462 e. The summed E-state index contributed by atoms with van der Waals surface area (Å²) in [4.78, 5) is 11.7. The van der Waals surface area contributed by atoms with Crippen LogP contribution in [0.2, 0.25) is 0 Å². The number of fused-ring (bicyclic) bond motifs is 1. The maximum atomic E-state index is 11.7. The Kier molecular flexibility index (Phi) is 5.80. The molecule has 26 heavy (non-hydrogen) atoms. The monoisotopic (exact) mass is 364 g/mol. The molecule has 0 spiro atoms. The molecule has 4 nitrogen and oxygen atoms in total. The van der Waals surface area contributed by atoms with Crippen LogP contribution in [0.3, 0.4) is 0 Å². The Morgan fingerprint density at radius 3 is 2.46 bits per heavy atom. The summed E-state index contributed by atoms with van der Waals surface area (Å²) < 4.78 is 5.70. The summed E-state index contributed by atoms with van der Waals surface area (Å²) in [7, 11) is 0. The topological polar surface area (TPSA) is 66.8 Å². The minimum Gasteiger partial charge on any atom is -0.462 e. The van der Waals surface area contributed by atoms with Gasteiger partial charge in [-0.3, -0.25) is 4.79 Å². The summed E-state index contributed by atoms with van der Waals surface area (Å²) >= 11 is 0. The number of rotatable bonds is 5. The molecule has 0 heterocycles. The van der Waals surface area contributed by atoms with Gasteiger partial charge in [0.1, 0.15) is 6.10 Å². The van der Waals surface area contributed by atoms with Crippen molar-refractivity contribution in [3.63, 3.8) is 0 Å². The lowest BCUT2D eigenvalue weighted by Gasteiger charge is -2.64. The molecule has 0 radical (unpaired) electrons. The van der Waals surface area contributed by atoms with Gasteiger partial charge in [0.2, 0.25) is 0 Å². The van der Waals surface area contributed by atoms with Crippen molar-refractivity contribution in [2.75, 3.05) is 0 Å². The van der Waals surface area contributed by atoms with E-state index in [1.54, 1.807) is 6.08 Å². The van der Waals surface area contributed by atoms with Crippen LogP contribution in [-0.4, -0.2) is 34.0 Å². The molecule has 0 aromatic carbocycles. The first-order valence-corrected chi connectivity index (χ1v) is 9.74. The average Bonchev–Trinajstić information content (AvgIpc) is 2.48. The highest BCUT2D eigenvalue weighted by atomic mass is 16.5. The van der Waals surface area contributed by atoms with E-state index >= 15 is 0 Å². The first kappa shape index (κ1) is 21.2. The Balaban J connectivity index is 2.47. The van der Waals surface area contributed by atoms with Gasteiger partial charge in [-0.05, 0) is 49.4 Å². The quantitative estimate of drug-likeness (QED) is 0.571. The standard InChI is InChI=1S/C22H36O4/c1-8-14(2)9-10-17-21(6)12-11-18(24)20(4,5)19(21)16(26-15(3)23)13-22(17,7)25/h8,16-19,24-25H,1-2,9-13H2,3-7H3/t16-,17+,18-,19-,21+,22+/m1/s1. The molecule has 2 aliphatic carbocycles. The number of esters is 1. The van der Waals surface area contributed by atoms with E-state index in [9.17, 15) is 15.0 Å². The van der Waals surface area contributed by atoms with E-state index in [-0.39, 0.29) is 23.2 Å². The lowest BCUT2D eigenvalue weighted by molar-refractivity contribution is -0.242. The van der Waals surface area contributed by atoms with E-state index in [0.29, 0.717) is 12.8 Å². The summed E-state index contributed by atoms with van der Waals surface area (Å²) in [6.07, 6.45) is 4.43. The van der Waals surface area contributed by atoms with Gasteiger partial charge in [-0.2, -0.15) is 0 Å². The van der Waals surface area contributed by atoms with Crippen LogP contribution in [0.25, 0.3) is 0 Å². The number of carbonyl (C=O) groups is 1. The van der Waals surface area contributed by atoms with Crippen LogP contribution in [-0.2, 0) is 9.53 Å². The number of allylic oxidation sites excluding steroid dienone is 2.